The number of aromatic carboxylic acids is 1. The highest BCUT2D eigenvalue weighted by atomic mass is 35.5. The Labute approximate surface area is 234 Å². The van der Waals surface area contributed by atoms with Crippen LogP contribution >= 0.6 is 34.8 Å². The summed E-state index contributed by atoms with van der Waals surface area (Å²) < 4.78 is 35.5. The highest BCUT2D eigenvalue weighted by Gasteiger charge is 2.41. The van der Waals surface area contributed by atoms with Crippen LogP contribution < -0.4 is 4.74 Å². The van der Waals surface area contributed by atoms with Gasteiger partial charge in [-0.25, -0.2) is 9.18 Å². The summed E-state index contributed by atoms with van der Waals surface area (Å²) >= 11 is 19.4. The van der Waals surface area contributed by atoms with Gasteiger partial charge in [0.05, 0.1) is 22.5 Å². The third-order valence-corrected chi connectivity index (χ3v) is 7.97. The van der Waals surface area contributed by atoms with Crippen LogP contribution in [-0.2, 0) is 6.58 Å². The average Bonchev–Trinajstić information content (AvgIpc) is 3.84. The van der Waals surface area contributed by atoms with Gasteiger partial charge in [-0.1, -0.05) is 58.2 Å². The number of hydrogen-bond acceptors (Lipinski definition) is 4. The fourth-order valence-electron chi connectivity index (χ4n) is 4.82. The van der Waals surface area contributed by atoms with E-state index >= 15 is 4.39 Å². The number of nitrogens with zero attached hydrogens (tertiary/aromatic N) is 1. The number of hydrogen-bond donors (Lipinski definition) is 1. The minimum atomic E-state index is -1.38. The molecular weight excluding hydrogens is 552 g/mol. The molecule has 2 saturated carbocycles. The lowest BCUT2D eigenvalue weighted by molar-refractivity contribution is 0.0696. The minimum absolute atomic E-state index is 0.0397. The average molecular weight is 574 g/mol. The van der Waals surface area contributed by atoms with Crippen molar-refractivity contribution in [3.8, 4) is 17.0 Å². The van der Waals surface area contributed by atoms with Crippen molar-refractivity contribution in [3.63, 3.8) is 0 Å². The Morgan fingerprint density at radius 1 is 1.08 bits per heavy atom. The number of rotatable bonds is 8. The van der Waals surface area contributed by atoms with E-state index in [1.165, 1.54) is 18.2 Å². The minimum Gasteiger partial charge on any atom is -0.486 e. The summed E-state index contributed by atoms with van der Waals surface area (Å²) in [5.41, 5.74) is 2.76. The third-order valence-electron chi connectivity index (χ3n) is 7.01. The number of aromatic nitrogens is 1. The normalized spacial score (nSPS) is 19.6. The molecule has 38 heavy (non-hydrogen) atoms. The number of carboxylic acid groups (broad SMARTS) is 1. The molecule has 3 atom stereocenters. The molecule has 0 spiro atoms. The van der Waals surface area contributed by atoms with Crippen molar-refractivity contribution in [1.82, 2.24) is 5.16 Å². The van der Waals surface area contributed by atoms with E-state index in [9.17, 15) is 9.90 Å². The van der Waals surface area contributed by atoms with Gasteiger partial charge in [0, 0.05) is 22.6 Å². The Morgan fingerprint density at radius 3 is 2.53 bits per heavy atom. The summed E-state index contributed by atoms with van der Waals surface area (Å²) in [6, 6.07) is 14.5. The summed E-state index contributed by atoms with van der Waals surface area (Å²) in [5.74, 6) is -1.23. The van der Waals surface area contributed by atoms with Crippen LogP contribution in [0.25, 0.3) is 11.3 Å². The molecule has 3 aromatic carbocycles. The van der Waals surface area contributed by atoms with E-state index in [2.05, 4.69) is 5.16 Å². The molecule has 2 fully saturated rings. The lowest BCUT2D eigenvalue weighted by Crippen LogP contribution is -2.02. The summed E-state index contributed by atoms with van der Waals surface area (Å²) in [6.45, 7) is -1.38. The maximum atomic E-state index is 15.3. The van der Waals surface area contributed by atoms with Gasteiger partial charge >= 0.3 is 5.97 Å². The van der Waals surface area contributed by atoms with Crippen molar-refractivity contribution in [2.24, 2.45) is 0 Å². The molecular formula is C29H21Cl3FNO4. The van der Waals surface area contributed by atoms with Gasteiger partial charge in [0.25, 0.3) is 0 Å². The molecule has 0 amide bonds. The maximum Gasteiger partial charge on any atom is 0.335 e. The molecule has 4 aromatic rings. The van der Waals surface area contributed by atoms with E-state index in [0.29, 0.717) is 43.2 Å². The van der Waals surface area contributed by atoms with Crippen molar-refractivity contribution in [1.29, 1.82) is 0 Å². The van der Waals surface area contributed by atoms with E-state index in [1.54, 1.807) is 30.3 Å². The van der Waals surface area contributed by atoms with E-state index in [1.807, 2.05) is 6.07 Å². The van der Waals surface area contributed by atoms with Crippen LogP contribution in [0.1, 0.15) is 71.2 Å². The van der Waals surface area contributed by atoms with E-state index in [0.717, 1.165) is 24.8 Å². The lowest BCUT2D eigenvalue weighted by atomic mass is 10.0. The number of benzene rings is 3. The van der Waals surface area contributed by atoms with Gasteiger partial charge < -0.3 is 14.4 Å². The van der Waals surface area contributed by atoms with Gasteiger partial charge in [-0.2, -0.15) is 0 Å². The zero-order chi connectivity index (χ0) is 27.4. The second-order valence-electron chi connectivity index (χ2n) is 9.60. The van der Waals surface area contributed by atoms with Crippen molar-refractivity contribution in [2.75, 3.05) is 0 Å². The summed E-state index contributed by atoms with van der Waals surface area (Å²) in [4.78, 5) is 11.3. The molecule has 0 bridgehead atoms. The topological polar surface area (TPSA) is 72.6 Å². The highest BCUT2D eigenvalue weighted by Crippen LogP contribution is 2.56. The van der Waals surface area contributed by atoms with Crippen molar-refractivity contribution in [3.05, 3.63) is 103 Å². The van der Waals surface area contributed by atoms with Gasteiger partial charge in [-0.05, 0) is 72.6 Å². The van der Waals surface area contributed by atoms with Gasteiger partial charge in [0.1, 0.15) is 18.0 Å². The van der Waals surface area contributed by atoms with Gasteiger partial charge in [0.2, 0.25) is 0 Å². The molecule has 3 unspecified atom stereocenters. The Bertz CT molecular complexity index is 1590. The molecule has 0 radical (unpaired) electrons. The molecule has 1 aromatic heterocycles. The van der Waals surface area contributed by atoms with E-state index < -0.39 is 18.4 Å². The first-order valence-electron chi connectivity index (χ1n) is 12.7. The van der Waals surface area contributed by atoms with Gasteiger partial charge in [0.15, 0.2) is 11.6 Å². The van der Waals surface area contributed by atoms with Crippen LogP contribution in [0.4, 0.5) is 4.39 Å². The fraction of sp³-hybridized carbons (Fsp3) is 0.241. The van der Waals surface area contributed by atoms with Crippen molar-refractivity contribution < 1.29 is 24.9 Å². The van der Waals surface area contributed by atoms with Crippen molar-refractivity contribution >= 4 is 40.8 Å². The fourth-order valence-corrected chi connectivity index (χ4v) is 5.69. The zero-order valence-electron chi connectivity index (χ0n) is 20.8. The predicted molar refractivity (Wildman–Crippen MR) is 143 cm³/mol. The number of carboxylic acids is 1. The second-order valence-corrected chi connectivity index (χ2v) is 10.8. The van der Waals surface area contributed by atoms with Crippen LogP contribution in [0.3, 0.4) is 0 Å². The smallest absolute Gasteiger partial charge is 0.335 e. The molecule has 0 saturated heterocycles. The Hall–Kier alpha value is -3.06. The quantitative estimate of drug-likeness (QED) is 0.228. The molecule has 2 aliphatic rings. The van der Waals surface area contributed by atoms with E-state index in [-0.39, 0.29) is 29.1 Å². The highest BCUT2D eigenvalue weighted by molar-refractivity contribution is 6.39. The molecule has 0 aliphatic heterocycles. The Kier molecular flexibility index (Phi) is 6.27. The molecule has 9 heteroatoms. The molecule has 194 valence electrons. The van der Waals surface area contributed by atoms with Crippen molar-refractivity contribution in [2.45, 2.75) is 43.6 Å². The SMILES string of the molecule is [2H]C(Oc1cc(Cl)c(C2CC2c2cccc(C(=O)O)c2)cc1F)c1c(-c2c(Cl)cccc2Cl)noc1C1CC1. The molecule has 1 N–H and O–H groups in total. The number of ether oxygens (including phenoxy) is 1. The van der Waals surface area contributed by atoms with Crippen LogP contribution in [0.5, 0.6) is 5.75 Å². The van der Waals surface area contributed by atoms with Gasteiger partial charge in [-0.15, -0.1) is 0 Å². The van der Waals surface area contributed by atoms with Gasteiger partial charge in [-0.3, -0.25) is 0 Å². The Balaban J connectivity index is 1.28. The zero-order valence-corrected chi connectivity index (χ0v) is 22.0. The summed E-state index contributed by atoms with van der Waals surface area (Å²) in [6.07, 6.45) is 2.49. The van der Waals surface area contributed by atoms with E-state index in [4.69, 9.17) is 45.4 Å². The van der Waals surface area contributed by atoms with Crippen LogP contribution in [0.15, 0.2) is 59.1 Å². The second kappa shape index (κ2) is 9.92. The first kappa shape index (κ1) is 24.0. The monoisotopic (exact) mass is 572 g/mol. The summed E-state index contributed by atoms with van der Waals surface area (Å²) in [7, 11) is 0. The molecule has 2 aliphatic carbocycles. The largest absolute Gasteiger partial charge is 0.486 e. The first-order valence-corrected chi connectivity index (χ1v) is 13.2. The molecule has 5 nitrogen and oxygen atoms in total. The standard InChI is InChI=1S/C29H21Cl3FNO4/c30-21-5-2-6-22(31)26(21)27-20(28(38-34-27)14-7-8-14)13-37-25-12-23(32)19(11-24(25)33)18-10-17(18)15-3-1-4-16(9-15)29(35)36/h1-6,9,11-12,14,17-18H,7-8,10,13H2,(H,35,36)/i13D. The summed E-state index contributed by atoms with van der Waals surface area (Å²) in [5, 5.41) is 14.5. The molecule has 1 heterocycles. The maximum absolute atomic E-state index is 15.3. The predicted octanol–water partition coefficient (Wildman–Crippen LogP) is 8.87. The number of carbonyl (C=O) groups is 1. The first-order chi connectivity index (χ1) is 18.7. The Morgan fingerprint density at radius 2 is 1.82 bits per heavy atom. The third kappa shape index (κ3) is 4.77. The van der Waals surface area contributed by atoms with Crippen LogP contribution in [0, 0.1) is 5.82 Å². The molecule has 6 rings (SSSR count). The van der Waals surface area contributed by atoms with Crippen LogP contribution in [-0.4, -0.2) is 16.2 Å². The lowest BCUT2D eigenvalue weighted by Gasteiger charge is -2.12. The number of halogens is 4. The van der Waals surface area contributed by atoms with Crippen LogP contribution in [0.2, 0.25) is 15.1 Å².